The predicted octanol–water partition coefficient (Wildman–Crippen LogP) is 2.22. The summed E-state index contributed by atoms with van der Waals surface area (Å²) in [5.41, 5.74) is 3.80. The van der Waals surface area contributed by atoms with Crippen LogP contribution in [0.15, 0.2) is 36.8 Å². The number of aliphatic hydroxyl groups is 1. The van der Waals surface area contributed by atoms with E-state index in [9.17, 15) is 5.11 Å². The molecule has 1 fully saturated rings. The van der Waals surface area contributed by atoms with Crippen molar-refractivity contribution >= 4 is 0 Å². The van der Waals surface area contributed by atoms with Crippen LogP contribution in [0.2, 0.25) is 0 Å². The monoisotopic (exact) mass is 226 g/mol. The standard InChI is InChI=1S/C14H14N2O/c17-13-6-5-11(13)14-10-4-2-1-3-9(10)12-7-15-8-16(12)14/h1-4,7-8,11,13-14,17H,5-6H2/t11-,13+,14+/m1/s1. The van der Waals surface area contributed by atoms with Crippen LogP contribution in [0.3, 0.4) is 0 Å². The Morgan fingerprint density at radius 2 is 2.12 bits per heavy atom. The molecule has 0 radical (unpaired) electrons. The van der Waals surface area contributed by atoms with E-state index in [0.29, 0.717) is 5.92 Å². The molecule has 86 valence electrons. The Bertz CT molecular complexity index is 575. The van der Waals surface area contributed by atoms with Crippen LogP contribution in [0.5, 0.6) is 0 Å². The maximum atomic E-state index is 9.92. The minimum absolute atomic E-state index is 0.151. The van der Waals surface area contributed by atoms with Crippen LogP contribution in [0.4, 0.5) is 0 Å². The Labute approximate surface area is 99.7 Å². The van der Waals surface area contributed by atoms with E-state index in [1.54, 1.807) is 0 Å². The first-order chi connectivity index (χ1) is 8.36. The summed E-state index contributed by atoms with van der Waals surface area (Å²) in [5, 5.41) is 9.92. The Kier molecular flexibility index (Phi) is 1.77. The van der Waals surface area contributed by atoms with Crippen LogP contribution < -0.4 is 0 Å². The number of rotatable bonds is 1. The van der Waals surface area contributed by atoms with Crippen molar-refractivity contribution < 1.29 is 5.11 Å². The van der Waals surface area contributed by atoms with Crippen LogP contribution in [0.1, 0.15) is 24.4 Å². The summed E-state index contributed by atoms with van der Waals surface area (Å²) < 4.78 is 2.22. The maximum Gasteiger partial charge on any atom is 0.0956 e. The van der Waals surface area contributed by atoms with E-state index in [1.807, 2.05) is 12.5 Å². The highest BCUT2D eigenvalue weighted by molar-refractivity contribution is 5.69. The molecule has 1 aliphatic heterocycles. The van der Waals surface area contributed by atoms with Crippen LogP contribution >= 0.6 is 0 Å². The largest absolute Gasteiger partial charge is 0.393 e. The minimum Gasteiger partial charge on any atom is -0.393 e. The van der Waals surface area contributed by atoms with Gasteiger partial charge in [0, 0.05) is 11.5 Å². The van der Waals surface area contributed by atoms with Crippen molar-refractivity contribution in [2.45, 2.75) is 25.0 Å². The summed E-state index contributed by atoms with van der Waals surface area (Å²) in [4.78, 5) is 4.24. The van der Waals surface area contributed by atoms with Crippen molar-refractivity contribution in [2.75, 3.05) is 0 Å². The SMILES string of the molecule is O[C@H]1CC[C@H]1[C@@H]1c2ccccc2-c2cncn21. The average molecular weight is 226 g/mol. The number of hydrogen-bond donors (Lipinski definition) is 1. The van der Waals surface area contributed by atoms with Gasteiger partial charge in [0.15, 0.2) is 0 Å². The van der Waals surface area contributed by atoms with Crippen LogP contribution in [-0.4, -0.2) is 20.8 Å². The van der Waals surface area contributed by atoms with E-state index in [4.69, 9.17) is 0 Å². The lowest BCUT2D eigenvalue weighted by Gasteiger charge is -2.38. The molecule has 1 aliphatic carbocycles. The van der Waals surface area contributed by atoms with Gasteiger partial charge in [-0.15, -0.1) is 0 Å². The lowest BCUT2D eigenvalue weighted by Crippen LogP contribution is -2.37. The van der Waals surface area contributed by atoms with E-state index in [-0.39, 0.29) is 12.1 Å². The van der Waals surface area contributed by atoms with Crippen molar-refractivity contribution in [3.8, 4) is 11.3 Å². The Morgan fingerprint density at radius 1 is 1.24 bits per heavy atom. The number of hydrogen-bond acceptors (Lipinski definition) is 2. The van der Waals surface area contributed by atoms with E-state index in [0.717, 1.165) is 12.8 Å². The number of aromatic nitrogens is 2. The number of fused-ring (bicyclic) bond motifs is 3. The van der Waals surface area contributed by atoms with E-state index in [1.165, 1.54) is 16.8 Å². The first-order valence-corrected chi connectivity index (χ1v) is 6.15. The smallest absolute Gasteiger partial charge is 0.0956 e. The molecule has 17 heavy (non-hydrogen) atoms. The lowest BCUT2D eigenvalue weighted by molar-refractivity contribution is 0.00415. The molecule has 3 nitrogen and oxygen atoms in total. The maximum absolute atomic E-state index is 9.92. The van der Waals surface area contributed by atoms with Crippen LogP contribution in [0, 0.1) is 5.92 Å². The van der Waals surface area contributed by atoms with Gasteiger partial charge in [-0.05, 0) is 18.4 Å². The van der Waals surface area contributed by atoms with Crippen LogP contribution in [-0.2, 0) is 0 Å². The molecule has 1 saturated carbocycles. The molecule has 4 rings (SSSR count). The Balaban J connectivity index is 1.90. The highest BCUT2D eigenvalue weighted by atomic mass is 16.3. The Morgan fingerprint density at radius 3 is 2.88 bits per heavy atom. The molecule has 0 unspecified atom stereocenters. The van der Waals surface area contributed by atoms with Gasteiger partial charge in [-0.25, -0.2) is 4.98 Å². The molecular weight excluding hydrogens is 212 g/mol. The van der Waals surface area contributed by atoms with E-state index >= 15 is 0 Å². The fourth-order valence-corrected chi connectivity index (χ4v) is 3.19. The molecule has 0 spiro atoms. The minimum atomic E-state index is -0.151. The molecule has 2 aliphatic rings. The van der Waals surface area contributed by atoms with Crippen molar-refractivity contribution in [2.24, 2.45) is 5.92 Å². The molecule has 2 aromatic rings. The van der Waals surface area contributed by atoms with Gasteiger partial charge in [-0.3, -0.25) is 0 Å². The fraction of sp³-hybridized carbons (Fsp3) is 0.357. The summed E-state index contributed by atoms with van der Waals surface area (Å²) in [6.45, 7) is 0. The van der Waals surface area contributed by atoms with Crippen LogP contribution in [0.25, 0.3) is 11.3 Å². The van der Waals surface area contributed by atoms with E-state index < -0.39 is 0 Å². The first-order valence-electron chi connectivity index (χ1n) is 6.15. The summed E-state index contributed by atoms with van der Waals surface area (Å²) in [6.07, 6.45) is 5.71. The van der Waals surface area contributed by atoms with Gasteiger partial charge in [0.25, 0.3) is 0 Å². The molecule has 1 aromatic heterocycles. The second-order valence-electron chi connectivity index (χ2n) is 5.03. The van der Waals surface area contributed by atoms with Gasteiger partial charge in [0.2, 0.25) is 0 Å². The number of benzene rings is 1. The normalized spacial score (nSPS) is 29.6. The van der Waals surface area contributed by atoms with Crippen molar-refractivity contribution in [1.29, 1.82) is 0 Å². The number of aliphatic hydroxyl groups excluding tert-OH is 1. The number of imidazole rings is 1. The molecule has 0 bridgehead atoms. The third-order valence-corrected chi connectivity index (χ3v) is 4.22. The first kappa shape index (κ1) is 9.42. The summed E-state index contributed by atoms with van der Waals surface area (Å²) in [5.74, 6) is 0.353. The molecule has 0 saturated heterocycles. The molecule has 3 heteroatoms. The predicted molar refractivity (Wildman–Crippen MR) is 64.5 cm³/mol. The summed E-state index contributed by atoms with van der Waals surface area (Å²) in [6, 6.07) is 8.76. The second kappa shape index (κ2) is 3.20. The fourth-order valence-electron chi connectivity index (χ4n) is 3.19. The molecule has 3 atom stereocenters. The molecular formula is C14H14N2O. The zero-order valence-electron chi connectivity index (χ0n) is 9.45. The van der Waals surface area contributed by atoms with Gasteiger partial charge >= 0.3 is 0 Å². The zero-order chi connectivity index (χ0) is 11.4. The highest BCUT2D eigenvalue weighted by Gasteiger charge is 2.41. The van der Waals surface area contributed by atoms with Gasteiger partial charge in [-0.1, -0.05) is 24.3 Å². The summed E-state index contributed by atoms with van der Waals surface area (Å²) in [7, 11) is 0. The second-order valence-corrected chi connectivity index (χ2v) is 5.03. The van der Waals surface area contributed by atoms with Gasteiger partial charge in [0.1, 0.15) is 0 Å². The molecule has 0 amide bonds. The van der Waals surface area contributed by atoms with Crippen molar-refractivity contribution in [3.63, 3.8) is 0 Å². The van der Waals surface area contributed by atoms with Crippen molar-refractivity contribution in [1.82, 2.24) is 9.55 Å². The lowest BCUT2D eigenvalue weighted by atomic mass is 9.74. The molecule has 1 aromatic carbocycles. The quantitative estimate of drug-likeness (QED) is 0.809. The highest BCUT2D eigenvalue weighted by Crippen LogP contribution is 2.48. The Hall–Kier alpha value is -1.61. The van der Waals surface area contributed by atoms with Gasteiger partial charge in [-0.2, -0.15) is 0 Å². The third kappa shape index (κ3) is 1.12. The van der Waals surface area contributed by atoms with Gasteiger partial charge < -0.3 is 9.67 Å². The number of nitrogens with zero attached hydrogens (tertiary/aromatic N) is 2. The average Bonchev–Trinajstić information content (AvgIpc) is 2.91. The zero-order valence-corrected chi connectivity index (χ0v) is 9.45. The van der Waals surface area contributed by atoms with E-state index in [2.05, 4.69) is 33.8 Å². The molecule has 1 N–H and O–H groups in total. The summed E-state index contributed by atoms with van der Waals surface area (Å²) >= 11 is 0. The van der Waals surface area contributed by atoms with Crippen molar-refractivity contribution in [3.05, 3.63) is 42.4 Å². The van der Waals surface area contributed by atoms with Gasteiger partial charge in [0.05, 0.1) is 30.4 Å². The molecule has 2 heterocycles. The third-order valence-electron chi connectivity index (χ3n) is 4.22. The topological polar surface area (TPSA) is 38.1 Å².